The highest BCUT2D eigenvalue weighted by molar-refractivity contribution is 7.18. The standard InChI is InChI=1S/C25H28N6O5S/c1-6-11-36-24(33)20-14(4)21(25(34)35-8-3)37-23(20)28-22(32)17-12-19-26-10-9-18(31(19)29-17)16-13-27-30(7-2)15(16)5/h9-10,12-13H,6-8,11H2,1-5H3,(H,28,32). The van der Waals surface area contributed by atoms with Crippen molar-refractivity contribution in [2.24, 2.45) is 0 Å². The van der Waals surface area contributed by atoms with Gasteiger partial charge in [-0.2, -0.15) is 10.2 Å². The summed E-state index contributed by atoms with van der Waals surface area (Å²) in [6, 6.07) is 3.36. The average molecular weight is 525 g/mol. The van der Waals surface area contributed by atoms with Gasteiger partial charge in [0.25, 0.3) is 5.91 Å². The Morgan fingerprint density at radius 2 is 1.89 bits per heavy atom. The molecule has 1 amide bonds. The number of fused-ring (bicyclic) bond motifs is 1. The number of carbonyl (C=O) groups is 3. The molecule has 0 spiro atoms. The van der Waals surface area contributed by atoms with Crippen LogP contribution in [-0.2, 0) is 16.0 Å². The minimum absolute atomic E-state index is 0.0945. The topological polar surface area (TPSA) is 130 Å². The molecule has 37 heavy (non-hydrogen) atoms. The Bertz CT molecular complexity index is 1480. The van der Waals surface area contributed by atoms with Crippen LogP contribution in [0.15, 0.2) is 24.5 Å². The molecule has 0 saturated carbocycles. The maximum atomic E-state index is 13.3. The highest BCUT2D eigenvalue weighted by Gasteiger charge is 2.28. The first-order chi connectivity index (χ1) is 17.8. The van der Waals surface area contributed by atoms with Crippen molar-refractivity contribution in [1.82, 2.24) is 24.4 Å². The molecule has 0 bridgehead atoms. The van der Waals surface area contributed by atoms with Crippen molar-refractivity contribution in [2.75, 3.05) is 18.5 Å². The SMILES string of the molecule is CCCOC(=O)c1c(NC(=O)c2cc3nccc(-c4cnn(CC)c4C)n3n2)sc(C(=O)OCC)c1C. The number of nitrogens with one attached hydrogen (secondary N) is 1. The van der Waals surface area contributed by atoms with Gasteiger partial charge in [0, 0.05) is 30.1 Å². The molecule has 11 nitrogen and oxygen atoms in total. The quantitative estimate of drug-likeness (QED) is 0.321. The van der Waals surface area contributed by atoms with Crippen molar-refractivity contribution >= 4 is 39.8 Å². The highest BCUT2D eigenvalue weighted by Crippen LogP contribution is 2.35. The van der Waals surface area contributed by atoms with Crippen molar-refractivity contribution in [3.63, 3.8) is 0 Å². The first kappa shape index (κ1) is 26.0. The Balaban J connectivity index is 1.70. The van der Waals surface area contributed by atoms with Gasteiger partial charge >= 0.3 is 11.9 Å². The third-order valence-corrected chi connectivity index (χ3v) is 6.93. The summed E-state index contributed by atoms with van der Waals surface area (Å²) in [7, 11) is 0. The largest absolute Gasteiger partial charge is 0.462 e. The minimum Gasteiger partial charge on any atom is -0.462 e. The molecule has 1 N–H and O–H groups in total. The van der Waals surface area contributed by atoms with Crippen molar-refractivity contribution in [3.8, 4) is 11.3 Å². The van der Waals surface area contributed by atoms with E-state index in [1.54, 1.807) is 36.8 Å². The van der Waals surface area contributed by atoms with Crippen LogP contribution in [-0.4, -0.2) is 55.4 Å². The molecule has 0 aliphatic carbocycles. The number of thiophene rings is 1. The van der Waals surface area contributed by atoms with Crippen molar-refractivity contribution in [2.45, 2.75) is 47.6 Å². The van der Waals surface area contributed by atoms with E-state index in [1.807, 2.05) is 31.5 Å². The third kappa shape index (κ3) is 4.96. The number of nitrogens with zero attached hydrogens (tertiary/aromatic N) is 5. The van der Waals surface area contributed by atoms with Crippen LogP contribution in [0.3, 0.4) is 0 Å². The molecule has 0 saturated heterocycles. The highest BCUT2D eigenvalue weighted by atomic mass is 32.1. The second-order valence-corrected chi connectivity index (χ2v) is 9.18. The lowest BCUT2D eigenvalue weighted by molar-refractivity contribution is 0.0506. The summed E-state index contributed by atoms with van der Waals surface area (Å²) < 4.78 is 13.9. The molecule has 4 heterocycles. The maximum absolute atomic E-state index is 13.3. The number of amides is 1. The number of ether oxygens (including phenoxy) is 2. The number of aryl methyl sites for hydroxylation is 1. The Kier molecular flexibility index (Phi) is 7.67. The lowest BCUT2D eigenvalue weighted by Gasteiger charge is -2.07. The fourth-order valence-electron chi connectivity index (χ4n) is 3.90. The lowest BCUT2D eigenvalue weighted by Crippen LogP contribution is -2.15. The number of rotatable bonds is 9. The van der Waals surface area contributed by atoms with Gasteiger partial charge in [0.05, 0.1) is 30.7 Å². The van der Waals surface area contributed by atoms with E-state index in [2.05, 4.69) is 20.5 Å². The van der Waals surface area contributed by atoms with E-state index in [4.69, 9.17) is 9.47 Å². The van der Waals surface area contributed by atoms with E-state index in [0.29, 0.717) is 17.6 Å². The Hall–Kier alpha value is -4.06. The molecule has 4 aromatic rings. The normalized spacial score (nSPS) is 11.1. The van der Waals surface area contributed by atoms with Crippen LogP contribution in [0.25, 0.3) is 16.9 Å². The third-order valence-electron chi connectivity index (χ3n) is 5.75. The molecule has 0 aromatic carbocycles. The molecule has 12 heteroatoms. The van der Waals surface area contributed by atoms with E-state index < -0.39 is 17.8 Å². The zero-order valence-corrected chi connectivity index (χ0v) is 22.1. The summed E-state index contributed by atoms with van der Waals surface area (Å²) in [5, 5.41) is 11.8. The van der Waals surface area contributed by atoms with Crippen molar-refractivity contribution in [3.05, 3.63) is 51.9 Å². The summed E-state index contributed by atoms with van der Waals surface area (Å²) in [6.45, 7) is 10.3. The number of carbonyl (C=O) groups excluding carboxylic acids is 3. The monoisotopic (exact) mass is 524 g/mol. The van der Waals surface area contributed by atoms with Gasteiger partial charge < -0.3 is 14.8 Å². The van der Waals surface area contributed by atoms with Gasteiger partial charge in [0.2, 0.25) is 0 Å². The Morgan fingerprint density at radius 3 is 2.57 bits per heavy atom. The molecular weight excluding hydrogens is 496 g/mol. The van der Waals surface area contributed by atoms with Gasteiger partial charge in [0.15, 0.2) is 11.3 Å². The molecule has 4 aromatic heterocycles. The summed E-state index contributed by atoms with van der Waals surface area (Å²) in [6.07, 6.45) is 4.04. The van der Waals surface area contributed by atoms with E-state index >= 15 is 0 Å². The predicted molar refractivity (Wildman–Crippen MR) is 138 cm³/mol. The molecular formula is C25H28N6O5S. The fraction of sp³-hybridized carbons (Fsp3) is 0.360. The Morgan fingerprint density at radius 1 is 1.11 bits per heavy atom. The second-order valence-electron chi connectivity index (χ2n) is 8.16. The van der Waals surface area contributed by atoms with E-state index in [1.165, 1.54) is 0 Å². The van der Waals surface area contributed by atoms with Crippen molar-refractivity contribution in [1.29, 1.82) is 0 Å². The molecule has 0 fully saturated rings. The molecule has 0 unspecified atom stereocenters. The van der Waals surface area contributed by atoms with Crippen molar-refractivity contribution < 1.29 is 23.9 Å². The number of hydrogen-bond donors (Lipinski definition) is 1. The summed E-state index contributed by atoms with van der Waals surface area (Å²) in [5.74, 6) is -1.75. The zero-order valence-electron chi connectivity index (χ0n) is 21.3. The van der Waals surface area contributed by atoms with Gasteiger partial charge in [-0.1, -0.05) is 6.92 Å². The number of aromatic nitrogens is 5. The van der Waals surface area contributed by atoms with E-state index in [-0.39, 0.29) is 34.3 Å². The molecule has 0 atom stereocenters. The van der Waals surface area contributed by atoms with Gasteiger partial charge in [0.1, 0.15) is 9.88 Å². The molecule has 0 radical (unpaired) electrons. The van der Waals surface area contributed by atoms with E-state index in [9.17, 15) is 14.4 Å². The molecule has 0 aliphatic rings. The second kappa shape index (κ2) is 10.9. The summed E-state index contributed by atoms with van der Waals surface area (Å²) in [4.78, 5) is 43.1. The molecule has 194 valence electrons. The number of hydrogen-bond acceptors (Lipinski definition) is 9. The predicted octanol–water partition coefficient (Wildman–Crippen LogP) is 4.29. The van der Waals surface area contributed by atoms with Crippen LogP contribution in [0.4, 0.5) is 5.00 Å². The molecule has 0 aliphatic heterocycles. The van der Waals surface area contributed by atoms with Crippen LogP contribution in [0.2, 0.25) is 0 Å². The van der Waals surface area contributed by atoms with Gasteiger partial charge in [-0.15, -0.1) is 11.3 Å². The van der Waals surface area contributed by atoms with Gasteiger partial charge in [-0.05, 0) is 45.7 Å². The van der Waals surface area contributed by atoms with Crippen LogP contribution in [0.5, 0.6) is 0 Å². The minimum atomic E-state index is -0.621. The smallest absolute Gasteiger partial charge is 0.348 e. The van der Waals surface area contributed by atoms with Crippen LogP contribution in [0.1, 0.15) is 69.0 Å². The van der Waals surface area contributed by atoms with Gasteiger partial charge in [-0.25, -0.2) is 19.1 Å². The Labute approximate surface area is 217 Å². The maximum Gasteiger partial charge on any atom is 0.348 e. The van der Waals surface area contributed by atoms with Crippen LogP contribution in [0, 0.1) is 13.8 Å². The lowest BCUT2D eigenvalue weighted by atomic mass is 10.1. The number of esters is 2. The summed E-state index contributed by atoms with van der Waals surface area (Å²) in [5.41, 5.74) is 3.66. The average Bonchev–Trinajstić information content (AvgIpc) is 3.57. The number of anilines is 1. The summed E-state index contributed by atoms with van der Waals surface area (Å²) >= 11 is 0.965. The first-order valence-electron chi connectivity index (χ1n) is 12.0. The van der Waals surface area contributed by atoms with Crippen LogP contribution >= 0.6 is 11.3 Å². The first-order valence-corrected chi connectivity index (χ1v) is 12.8. The van der Waals surface area contributed by atoms with Crippen LogP contribution < -0.4 is 5.32 Å². The molecule has 4 rings (SSSR count). The fourth-order valence-corrected chi connectivity index (χ4v) is 4.98. The zero-order chi connectivity index (χ0) is 26.7. The van der Waals surface area contributed by atoms with Gasteiger partial charge in [-0.3, -0.25) is 9.48 Å². The van der Waals surface area contributed by atoms with E-state index in [0.717, 1.165) is 34.8 Å².